The van der Waals surface area contributed by atoms with Crippen LogP contribution in [0.2, 0.25) is 0 Å². The summed E-state index contributed by atoms with van der Waals surface area (Å²) in [6.45, 7) is 7.36. The fourth-order valence-electron chi connectivity index (χ4n) is 6.38. The first-order valence-electron chi connectivity index (χ1n) is 15.1. The molecule has 5 aromatic carbocycles. The van der Waals surface area contributed by atoms with Crippen molar-refractivity contribution in [1.29, 1.82) is 0 Å². The molecule has 2 heterocycles. The van der Waals surface area contributed by atoms with Crippen LogP contribution >= 0.6 is 0 Å². The Kier molecular flexibility index (Phi) is 7.33. The molecule has 0 saturated heterocycles. The van der Waals surface area contributed by atoms with E-state index in [1.54, 1.807) is 0 Å². The maximum Gasteiger partial charge on any atom is 0.242 e. The molecule has 0 spiro atoms. The van der Waals surface area contributed by atoms with Crippen molar-refractivity contribution < 1.29 is 0 Å². The number of hydrogen-bond acceptors (Lipinski definition) is 4. The molecule has 1 aliphatic rings. The maximum absolute atomic E-state index is 4.93. The molecular weight excluding hydrogens is 537 g/mol. The zero-order valence-corrected chi connectivity index (χ0v) is 25.3. The molecule has 0 N–H and O–H groups in total. The average Bonchev–Trinajstić information content (AvgIpc) is 3.75. The van der Waals surface area contributed by atoms with Gasteiger partial charge in [-0.3, -0.25) is 0 Å². The van der Waals surface area contributed by atoms with E-state index in [0.717, 1.165) is 28.3 Å². The van der Waals surface area contributed by atoms with Crippen molar-refractivity contribution in [2.24, 2.45) is 5.10 Å². The number of benzene rings is 5. The first-order chi connectivity index (χ1) is 21.5. The lowest BCUT2D eigenvalue weighted by Crippen LogP contribution is -2.54. The highest BCUT2D eigenvalue weighted by atomic mass is 15.6. The van der Waals surface area contributed by atoms with E-state index in [1.807, 2.05) is 41.5 Å². The van der Waals surface area contributed by atoms with E-state index >= 15 is 0 Å². The molecule has 0 bridgehead atoms. The van der Waals surface area contributed by atoms with E-state index in [0.29, 0.717) is 6.67 Å². The Morgan fingerprint density at radius 1 is 0.614 bits per heavy atom. The van der Waals surface area contributed by atoms with Gasteiger partial charge in [0.1, 0.15) is 13.0 Å². The van der Waals surface area contributed by atoms with E-state index in [2.05, 4.69) is 134 Å². The second-order valence-electron chi connectivity index (χ2n) is 11.5. The lowest BCUT2D eigenvalue weighted by atomic mass is 9.35. The summed E-state index contributed by atoms with van der Waals surface area (Å²) in [5.41, 5.74) is 13.0. The highest BCUT2D eigenvalue weighted by Crippen LogP contribution is 2.22. The third-order valence-corrected chi connectivity index (χ3v) is 8.36. The first-order valence-corrected chi connectivity index (χ1v) is 15.1. The number of hydrogen-bond donors (Lipinski definition) is 0. The summed E-state index contributed by atoms with van der Waals surface area (Å²) in [7, 11) is 0. The van der Waals surface area contributed by atoms with Gasteiger partial charge >= 0.3 is 0 Å². The van der Waals surface area contributed by atoms with Crippen molar-refractivity contribution in [2.45, 2.75) is 20.8 Å². The van der Waals surface area contributed by atoms with E-state index in [9.17, 15) is 0 Å². The Hall–Kier alpha value is -5.36. The summed E-state index contributed by atoms with van der Waals surface area (Å²) in [5.74, 6) is 0. The van der Waals surface area contributed by atoms with E-state index in [4.69, 9.17) is 10.2 Å². The highest BCUT2D eigenvalue weighted by Gasteiger charge is 2.27. The summed E-state index contributed by atoms with van der Waals surface area (Å²) in [6.07, 6.45) is 3.94. The molecule has 6 aromatic rings. The summed E-state index contributed by atoms with van der Waals surface area (Å²) < 4.78 is 1.94. The molecule has 7 rings (SSSR count). The van der Waals surface area contributed by atoms with Gasteiger partial charge in [-0.25, -0.2) is 9.69 Å². The zero-order chi connectivity index (χ0) is 30.0. The largest absolute Gasteiger partial charge is 0.311 e. The maximum atomic E-state index is 4.93. The lowest BCUT2D eigenvalue weighted by molar-refractivity contribution is 0.884. The lowest BCUT2D eigenvalue weighted by Gasteiger charge is -2.23. The number of para-hydroxylation sites is 2. The Balaban J connectivity index is 1.28. The SMILES string of the molecule is Cc1cc(C)c(B(c2cccc(-c3ccn(-c4ccccc4)n3)c2)c2cccc(N3CN(c4ccccc4)C=N3)c2)c(C)c1. The van der Waals surface area contributed by atoms with Gasteiger partial charge in [0.2, 0.25) is 6.71 Å². The van der Waals surface area contributed by atoms with Crippen LogP contribution in [0.25, 0.3) is 16.9 Å². The van der Waals surface area contributed by atoms with Gasteiger partial charge in [0.25, 0.3) is 0 Å². The number of nitrogens with zero attached hydrogens (tertiary/aromatic N) is 5. The molecule has 0 unspecified atom stereocenters. The van der Waals surface area contributed by atoms with Crippen molar-refractivity contribution in [3.8, 4) is 16.9 Å². The third-order valence-electron chi connectivity index (χ3n) is 8.36. The molecule has 5 nitrogen and oxygen atoms in total. The Morgan fingerprint density at radius 2 is 1.25 bits per heavy atom. The number of hydrazone groups is 1. The van der Waals surface area contributed by atoms with Gasteiger partial charge in [0.15, 0.2) is 0 Å². The summed E-state index contributed by atoms with van der Waals surface area (Å²) in [4.78, 5) is 2.16. The monoisotopic (exact) mass is 571 g/mol. The topological polar surface area (TPSA) is 36.7 Å². The minimum Gasteiger partial charge on any atom is -0.311 e. The highest BCUT2D eigenvalue weighted by molar-refractivity contribution is 6.96. The van der Waals surface area contributed by atoms with Crippen molar-refractivity contribution in [1.82, 2.24) is 9.78 Å². The molecule has 1 aliphatic heterocycles. The molecule has 1 aromatic heterocycles. The van der Waals surface area contributed by atoms with E-state index < -0.39 is 0 Å². The van der Waals surface area contributed by atoms with Crippen LogP contribution in [0.1, 0.15) is 16.7 Å². The van der Waals surface area contributed by atoms with Crippen molar-refractivity contribution in [2.75, 3.05) is 16.6 Å². The molecule has 0 amide bonds. The minimum atomic E-state index is 0.0449. The van der Waals surface area contributed by atoms with Gasteiger partial charge in [-0.05, 0) is 63.2 Å². The van der Waals surface area contributed by atoms with Crippen molar-refractivity contribution in [3.05, 3.63) is 150 Å². The first kappa shape index (κ1) is 27.5. The van der Waals surface area contributed by atoms with E-state index in [-0.39, 0.29) is 6.71 Å². The van der Waals surface area contributed by atoms with E-state index in [1.165, 1.54) is 33.1 Å². The van der Waals surface area contributed by atoms with Crippen molar-refractivity contribution >= 4 is 40.8 Å². The van der Waals surface area contributed by atoms with Gasteiger partial charge < -0.3 is 4.90 Å². The molecule has 0 saturated carbocycles. The zero-order valence-electron chi connectivity index (χ0n) is 25.3. The van der Waals surface area contributed by atoms with Crippen LogP contribution in [0.15, 0.2) is 139 Å². The predicted molar refractivity (Wildman–Crippen MR) is 186 cm³/mol. The molecule has 0 fully saturated rings. The number of rotatable bonds is 7. The molecule has 0 radical (unpaired) electrons. The van der Waals surface area contributed by atoms with Gasteiger partial charge in [-0.15, -0.1) is 0 Å². The minimum absolute atomic E-state index is 0.0449. The van der Waals surface area contributed by atoms with Gasteiger partial charge in [0.05, 0.1) is 17.1 Å². The summed E-state index contributed by atoms with van der Waals surface area (Å²) in [5, 5.41) is 11.8. The average molecular weight is 572 g/mol. The van der Waals surface area contributed by atoms with Crippen LogP contribution in [-0.4, -0.2) is 29.5 Å². The summed E-state index contributed by atoms with van der Waals surface area (Å²) in [6, 6.07) is 45.0. The van der Waals surface area contributed by atoms with Crippen LogP contribution in [0, 0.1) is 20.8 Å². The normalized spacial score (nSPS) is 12.6. The second kappa shape index (κ2) is 11.7. The van der Waals surface area contributed by atoms with Crippen LogP contribution in [0.3, 0.4) is 0 Å². The fraction of sp³-hybridized carbons (Fsp3) is 0.105. The van der Waals surface area contributed by atoms with Gasteiger partial charge in [0, 0.05) is 17.4 Å². The number of aromatic nitrogens is 2. The molecule has 44 heavy (non-hydrogen) atoms. The van der Waals surface area contributed by atoms with Gasteiger partial charge in [-0.2, -0.15) is 10.2 Å². The van der Waals surface area contributed by atoms with Crippen LogP contribution < -0.4 is 26.3 Å². The molecule has 6 heteroatoms. The number of anilines is 2. The summed E-state index contributed by atoms with van der Waals surface area (Å²) >= 11 is 0. The standard InChI is InChI=1S/C38H34BN5/c1-28-22-29(2)38(30(3)23-28)39(32-13-10-12-31(24-32)37-20-21-43(41-37)35-17-8-5-9-18-35)33-14-11-19-36(25-33)44-27-42(26-40-44)34-15-6-4-7-16-34/h4-26H,27H2,1-3H3. The predicted octanol–water partition coefficient (Wildman–Crippen LogP) is 6.21. The number of aryl methyl sites for hydroxylation is 3. The molecule has 0 aliphatic carbocycles. The smallest absolute Gasteiger partial charge is 0.242 e. The Labute approximate surface area is 259 Å². The molecule has 0 atom stereocenters. The van der Waals surface area contributed by atoms with Crippen LogP contribution in [0.5, 0.6) is 0 Å². The second-order valence-corrected chi connectivity index (χ2v) is 11.5. The fourth-order valence-corrected chi connectivity index (χ4v) is 6.38. The van der Waals surface area contributed by atoms with Crippen LogP contribution in [-0.2, 0) is 0 Å². The van der Waals surface area contributed by atoms with Crippen molar-refractivity contribution in [3.63, 3.8) is 0 Å². The Morgan fingerprint density at radius 3 is 1.98 bits per heavy atom. The molecular formula is C38H34BN5. The van der Waals surface area contributed by atoms with Crippen LogP contribution in [0.4, 0.5) is 11.4 Å². The third kappa shape index (κ3) is 5.42. The molecule has 214 valence electrons. The quantitative estimate of drug-likeness (QED) is 0.214. The Bertz CT molecular complexity index is 1920. The van der Waals surface area contributed by atoms with Gasteiger partial charge in [-0.1, -0.05) is 118 Å².